The number of para-hydroxylation sites is 1. The predicted octanol–water partition coefficient (Wildman–Crippen LogP) is 1.96. The SMILES string of the molecule is CN=C(NCCCC(=O)N1CCc2ccccc21)NC1CCCn2nc(C)nc21. The van der Waals surface area contributed by atoms with E-state index < -0.39 is 0 Å². The number of nitrogens with zero attached hydrogens (tertiary/aromatic N) is 5. The van der Waals surface area contributed by atoms with E-state index in [0.29, 0.717) is 13.0 Å². The maximum absolute atomic E-state index is 12.6. The van der Waals surface area contributed by atoms with Gasteiger partial charge in [-0.1, -0.05) is 18.2 Å². The van der Waals surface area contributed by atoms with Crippen LogP contribution in [0.15, 0.2) is 29.3 Å². The molecule has 2 aliphatic heterocycles. The standard InChI is InChI=1S/C21H29N7O/c1-15-24-20-17(8-6-13-28(20)26-15)25-21(22-2)23-12-5-10-19(29)27-14-11-16-7-3-4-9-18(16)27/h3-4,7,9,17H,5-6,8,10-14H2,1-2H3,(H2,22,23,25). The average molecular weight is 396 g/mol. The van der Waals surface area contributed by atoms with Gasteiger partial charge < -0.3 is 15.5 Å². The summed E-state index contributed by atoms with van der Waals surface area (Å²) in [5.41, 5.74) is 2.33. The van der Waals surface area contributed by atoms with Gasteiger partial charge in [0.05, 0.1) is 6.04 Å². The molecule has 0 fully saturated rings. The molecular formula is C21H29N7O. The fraction of sp³-hybridized carbons (Fsp3) is 0.524. The highest BCUT2D eigenvalue weighted by atomic mass is 16.2. The van der Waals surface area contributed by atoms with Crippen molar-refractivity contribution < 1.29 is 4.79 Å². The van der Waals surface area contributed by atoms with Crippen molar-refractivity contribution in [2.45, 2.75) is 51.6 Å². The lowest BCUT2D eigenvalue weighted by molar-refractivity contribution is -0.118. The van der Waals surface area contributed by atoms with Gasteiger partial charge in [-0.3, -0.25) is 9.79 Å². The van der Waals surface area contributed by atoms with E-state index in [0.717, 1.165) is 62.1 Å². The number of anilines is 1. The molecule has 29 heavy (non-hydrogen) atoms. The molecule has 0 radical (unpaired) electrons. The molecule has 1 atom stereocenters. The fourth-order valence-electron chi connectivity index (χ4n) is 4.14. The summed E-state index contributed by atoms with van der Waals surface area (Å²) in [4.78, 5) is 23.4. The number of aromatic nitrogens is 3. The molecular weight excluding hydrogens is 366 g/mol. The van der Waals surface area contributed by atoms with E-state index in [4.69, 9.17) is 0 Å². The first-order valence-corrected chi connectivity index (χ1v) is 10.4. The van der Waals surface area contributed by atoms with E-state index in [1.807, 2.05) is 34.7 Å². The molecule has 0 saturated carbocycles. The van der Waals surface area contributed by atoms with Crippen molar-refractivity contribution in [1.29, 1.82) is 0 Å². The van der Waals surface area contributed by atoms with E-state index in [2.05, 4.69) is 31.8 Å². The van der Waals surface area contributed by atoms with Crippen molar-refractivity contribution in [2.75, 3.05) is 25.0 Å². The molecule has 8 nitrogen and oxygen atoms in total. The highest BCUT2D eigenvalue weighted by Gasteiger charge is 2.25. The van der Waals surface area contributed by atoms with Crippen LogP contribution in [0.3, 0.4) is 0 Å². The quantitative estimate of drug-likeness (QED) is 0.459. The van der Waals surface area contributed by atoms with Crippen molar-refractivity contribution in [1.82, 2.24) is 25.4 Å². The third-order valence-electron chi connectivity index (χ3n) is 5.56. The third kappa shape index (κ3) is 4.26. The first-order chi connectivity index (χ1) is 14.2. The van der Waals surface area contributed by atoms with Gasteiger partial charge in [0.2, 0.25) is 5.91 Å². The zero-order valence-electron chi connectivity index (χ0n) is 17.2. The molecule has 4 rings (SSSR count). The van der Waals surface area contributed by atoms with E-state index >= 15 is 0 Å². The third-order valence-corrected chi connectivity index (χ3v) is 5.56. The lowest BCUT2D eigenvalue weighted by Gasteiger charge is -2.25. The summed E-state index contributed by atoms with van der Waals surface area (Å²) in [5, 5.41) is 11.2. The van der Waals surface area contributed by atoms with Crippen LogP contribution in [-0.4, -0.2) is 46.8 Å². The maximum Gasteiger partial charge on any atom is 0.227 e. The number of hydrogen-bond acceptors (Lipinski definition) is 4. The molecule has 0 saturated heterocycles. The minimum absolute atomic E-state index is 0.110. The number of hydrogen-bond donors (Lipinski definition) is 2. The molecule has 1 aromatic heterocycles. The maximum atomic E-state index is 12.6. The van der Waals surface area contributed by atoms with Crippen molar-refractivity contribution in [3.63, 3.8) is 0 Å². The van der Waals surface area contributed by atoms with Crippen LogP contribution in [-0.2, 0) is 17.8 Å². The number of rotatable bonds is 5. The molecule has 2 aliphatic rings. The molecule has 1 aromatic carbocycles. The van der Waals surface area contributed by atoms with Crippen molar-refractivity contribution in [3.05, 3.63) is 41.5 Å². The second-order valence-corrected chi connectivity index (χ2v) is 7.61. The summed E-state index contributed by atoms with van der Waals surface area (Å²) >= 11 is 0. The molecule has 1 amide bonds. The minimum atomic E-state index is 0.110. The Labute approximate surface area is 171 Å². The zero-order valence-corrected chi connectivity index (χ0v) is 17.2. The monoisotopic (exact) mass is 395 g/mol. The Morgan fingerprint density at radius 1 is 1.31 bits per heavy atom. The first kappa shape index (κ1) is 19.4. The average Bonchev–Trinajstić information content (AvgIpc) is 3.33. The predicted molar refractivity (Wildman–Crippen MR) is 113 cm³/mol. The van der Waals surface area contributed by atoms with Crippen LogP contribution in [0.25, 0.3) is 0 Å². The number of carbonyl (C=O) groups is 1. The topological polar surface area (TPSA) is 87.4 Å². The Morgan fingerprint density at radius 2 is 2.17 bits per heavy atom. The Bertz CT molecular complexity index is 904. The number of fused-ring (bicyclic) bond motifs is 2. The van der Waals surface area contributed by atoms with E-state index in [1.54, 1.807) is 7.05 Å². The lowest BCUT2D eigenvalue weighted by atomic mass is 10.1. The summed E-state index contributed by atoms with van der Waals surface area (Å²) in [6.07, 6.45) is 4.30. The summed E-state index contributed by atoms with van der Waals surface area (Å²) in [6.45, 7) is 4.32. The molecule has 2 N–H and O–H groups in total. The van der Waals surface area contributed by atoms with Crippen LogP contribution in [0.5, 0.6) is 0 Å². The van der Waals surface area contributed by atoms with Gasteiger partial charge in [-0.25, -0.2) is 9.67 Å². The highest BCUT2D eigenvalue weighted by Crippen LogP contribution is 2.28. The highest BCUT2D eigenvalue weighted by molar-refractivity contribution is 5.95. The number of carbonyl (C=O) groups excluding carboxylic acids is 1. The van der Waals surface area contributed by atoms with Gasteiger partial charge >= 0.3 is 0 Å². The molecule has 3 heterocycles. The fourth-order valence-corrected chi connectivity index (χ4v) is 4.14. The second-order valence-electron chi connectivity index (χ2n) is 7.61. The van der Waals surface area contributed by atoms with Crippen LogP contribution in [0.2, 0.25) is 0 Å². The molecule has 0 spiro atoms. The number of benzene rings is 1. The second kappa shape index (κ2) is 8.63. The Hall–Kier alpha value is -2.90. The number of aryl methyl sites for hydroxylation is 2. The van der Waals surface area contributed by atoms with Crippen molar-refractivity contribution in [3.8, 4) is 0 Å². The van der Waals surface area contributed by atoms with Gasteiger partial charge in [0.15, 0.2) is 5.96 Å². The van der Waals surface area contributed by atoms with Gasteiger partial charge in [0, 0.05) is 38.8 Å². The Morgan fingerprint density at radius 3 is 3.03 bits per heavy atom. The van der Waals surface area contributed by atoms with Gasteiger partial charge in [0.25, 0.3) is 0 Å². The Kier molecular flexibility index (Phi) is 5.78. The molecule has 154 valence electrons. The molecule has 2 aromatic rings. The van der Waals surface area contributed by atoms with Crippen molar-refractivity contribution >= 4 is 17.6 Å². The summed E-state index contributed by atoms with van der Waals surface area (Å²) in [5.74, 6) is 2.71. The van der Waals surface area contributed by atoms with Gasteiger partial charge in [-0.05, 0) is 44.2 Å². The van der Waals surface area contributed by atoms with Gasteiger partial charge in [-0.15, -0.1) is 0 Å². The van der Waals surface area contributed by atoms with Gasteiger partial charge in [0.1, 0.15) is 11.6 Å². The normalized spacial score (nSPS) is 18.3. The first-order valence-electron chi connectivity index (χ1n) is 10.4. The van der Waals surface area contributed by atoms with E-state index in [-0.39, 0.29) is 11.9 Å². The number of amides is 1. The smallest absolute Gasteiger partial charge is 0.227 e. The number of nitrogens with one attached hydrogen (secondary N) is 2. The van der Waals surface area contributed by atoms with Crippen LogP contribution in [0.1, 0.15) is 48.9 Å². The van der Waals surface area contributed by atoms with Crippen LogP contribution < -0.4 is 15.5 Å². The van der Waals surface area contributed by atoms with E-state index in [9.17, 15) is 4.79 Å². The molecule has 0 aliphatic carbocycles. The number of aliphatic imine (C=N–C) groups is 1. The molecule has 8 heteroatoms. The van der Waals surface area contributed by atoms with Crippen LogP contribution >= 0.6 is 0 Å². The molecule has 1 unspecified atom stereocenters. The van der Waals surface area contributed by atoms with Crippen LogP contribution in [0, 0.1) is 6.92 Å². The molecule has 0 bridgehead atoms. The zero-order chi connectivity index (χ0) is 20.2. The summed E-state index contributed by atoms with van der Waals surface area (Å²) in [7, 11) is 1.76. The van der Waals surface area contributed by atoms with E-state index in [1.165, 1.54) is 5.56 Å². The van der Waals surface area contributed by atoms with Crippen LogP contribution in [0.4, 0.5) is 5.69 Å². The largest absolute Gasteiger partial charge is 0.356 e. The van der Waals surface area contributed by atoms with Crippen molar-refractivity contribution in [2.24, 2.45) is 4.99 Å². The van der Waals surface area contributed by atoms with Gasteiger partial charge in [-0.2, -0.15) is 5.10 Å². The summed E-state index contributed by atoms with van der Waals surface area (Å²) < 4.78 is 1.98. The summed E-state index contributed by atoms with van der Waals surface area (Å²) in [6, 6.07) is 8.28. The lowest BCUT2D eigenvalue weighted by Crippen LogP contribution is -2.42. The Balaban J connectivity index is 1.25. The minimum Gasteiger partial charge on any atom is -0.356 e. The number of guanidine groups is 1.